The molecule has 8 nitrogen and oxygen atoms in total. The Balaban J connectivity index is 1.73. The van der Waals surface area contributed by atoms with Crippen molar-refractivity contribution in [2.75, 3.05) is 13.7 Å². The van der Waals surface area contributed by atoms with Crippen molar-refractivity contribution >= 4 is 34.7 Å². The van der Waals surface area contributed by atoms with E-state index in [0.29, 0.717) is 12.8 Å². The number of nitrogens with zero attached hydrogens (tertiary/aromatic N) is 1. The highest BCUT2D eigenvalue weighted by Gasteiger charge is 2.42. The van der Waals surface area contributed by atoms with E-state index in [1.165, 1.54) is 31.1 Å². The van der Waals surface area contributed by atoms with Crippen LogP contribution in [0.1, 0.15) is 42.5 Å². The molecule has 2 aromatic rings. The quantitative estimate of drug-likeness (QED) is 0.538. The van der Waals surface area contributed by atoms with E-state index in [1.807, 2.05) is 31.2 Å². The smallest absolute Gasteiger partial charge is 0.328 e. The summed E-state index contributed by atoms with van der Waals surface area (Å²) in [6.45, 7) is 3.05. The first-order chi connectivity index (χ1) is 16.7. The molecule has 1 aliphatic heterocycles. The number of aryl methyl sites for hydroxylation is 1. The molecule has 0 radical (unpaired) electrons. The van der Waals surface area contributed by atoms with Crippen molar-refractivity contribution in [2.45, 2.75) is 50.4 Å². The summed E-state index contributed by atoms with van der Waals surface area (Å²) < 4.78 is 4.92. The first-order valence-electron chi connectivity index (χ1n) is 11.4. The highest BCUT2D eigenvalue weighted by Crippen LogP contribution is 2.36. The molecule has 3 atom stereocenters. The van der Waals surface area contributed by atoms with Gasteiger partial charge in [-0.1, -0.05) is 53.7 Å². The van der Waals surface area contributed by atoms with Crippen LogP contribution in [0, 0.1) is 6.92 Å². The normalized spacial score (nSPS) is 18.1. The second-order valence-electron chi connectivity index (χ2n) is 8.53. The Labute approximate surface area is 209 Å². The number of methoxy groups -OCH3 is 1. The van der Waals surface area contributed by atoms with Gasteiger partial charge in [0.25, 0.3) is 0 Å². The van der Waals surface area contributed by atoms with E-state index in [4.69, 9.17) is 4.74 Å². The molecule has 1 fully saturated rings. The Morgan fingerprint density at radius 2 is 1.74 bits per heavy atom. The summed E-state index contributed by atoms with van der Waals surface area (Å²) in [5, 5.41) is 11.2. The molecule has 0 saturated carbocycles. The van der Waals surface area contributed by atoms with Crippen LogP contribution in [0.15, 0.2) is 48.5 Å². The van der Waals surface area contributed by atoms with Crippen molar-refractivity contribution in [2.24, 2.45) is 0 Å². The second-order valence-corrected chi connectivity index (χ2v) is 9.91. The number of ether oxygens (including phenoxy) is 1. The third-order valence-electron chi connectivity index (χ3n) is 5.98. The van der Waals surface area contributed by atoms with Gasteiger partial charge in [0, 0.05) is 6.92 Å². The Hall–Kier alpha value is -3.33. The van der Waals surface area contributed by atoms with E-state index in [0.717, 1.165) is 28.5 Å². The van der Waals surface area contributed by atoms with Crippen LogP contribution in [0.5, 0.6) is 5.75 Å². The van der Waals surface area contributed by atoms with E-state index >= 15 is 0 Å². The number of likely N-dealkylation sites (tertiary alicyclic amines) is 1. The lowest BCUT2D eigenvalue weighted by Gasteiger charge is -2.30. The minimum Gasteiger partial charge on any atom is -0.508 e. The van der Waals surface area contributed by atoms with Crippen molar-refractivity contribution in [1.29, 1.82) is 0 Å². The van der Waals surface area contributed by atoms with Gasteiger partial charge in [-0.15, -0.1) is 0 Å². The number of phenolic OH excluding ortho intramolecular Hbond substituents is 1. The third-order valence-corrected chi connectivity index (χ3v) is 6.98. The summed E-state index contributed by atoms with van der Waals surface area (Å²) in [5.74, 6) is -1.23. The molecule has 186 valence electrons. The van der Waals surface area contributed by atoms with Crippen molar-refractivity contribution < 1.29 is 29.0 Å². The Morgan fingerprint density at radius 3 is 2.34 bits per heavy atom. The van der Waals surface area contributed by atoms with Crippen molar-refractivity contribution in [3.8, 4) is 5.75 Å². The lowest BCUT2D eigenvalue weighted by atomic mass is 10.0. The van der Waals surface area contributed by atoms with Gasteiger partial charge < -0.3 is 20.1 Å². The van der Waals surface area contributed by atoms with Crippen LogP contribution in [-0.2, 0) is 30.3 Å². The molecule has 1 aliphatic rings. The Kier molecular flexibility index (Phi) is 8.92. The fraction of sp³-hybridized carbons (Fsp3) is 0.385. The van der Waals surface area contributed by atoms with Gasteiger partial charge in [-0.25, -0.2) is 4.79 Å². The van der Waals surface area contributed by atoms with Crippen molar-refractivity contribution in [1.82, 2.24) is 10.2 Å². The number of hydrogen-bond acceptors (Lipinski definition) is 7. The van der Waals surface area contributed by atoms with Gasteiger partial charge in [-0.2, -0.15) is 0 Å². The van der Waals surface area contributed by atoms with E-state index in [2.05, 4.69) is 5.32 Å². The number of nitrogens with one attached hydrogen (secondary N) is 1. The zero-order valence-corrected chi connectivity index (χ0v) is 20.8. The number of rotatable bonds is 8. The summed E-state index contributed by atoms with van der Waals surface area (Å²) in [6, 6.07) is 13.1. The molecule has 0 spiro atoms. The van der Waals surface area contributed by atoms with E-state index < -0.39 is 29.1 Å². The summed E-state index contributed by atoms with van der Waals surface area (Å²) in [7, 11) is 1.29. The number of phenols is 1. The summed E-state index contributed by atoms with van der Waals surface area (Å²) in [6.07, 6.45) is 1.33. The van der Waals surface area contributed by atoms with Gasteiger partial charge in [0.15, 0.2) is 5.12 Å². The van der Waals surface area contributed by atoms with Crippen molar-refractivity contribution in [3.63, 3.8) is 0 Å². The predicted molar refractivity (Wildman–Crippen MR) is 133 cm³/mol. The fourth-order valence-electron chi connectivity index (χ4n) is 4.24. The largest absolute Gasteiger partial charge is 0.508 e. The minimum absolute atomic E-state index is 0.105. The molecule has 2 aromatic carbocycles. The average molecular weight is 499 g/mol. The van der Waals surface area contributed by atoms with Crippen LogP contribution in [0.2, 0.25) is 0 Å². The van der Waals surface area contributed by atoms with Gasteiger partial charge in [-0.3, -0.25) is 14.4 Å². The summed E-state index contributed by atoms with van der Waals surface area (Å²) in [4.78, 5) is 51.8. The maximum absolute atomic E-state index is 13.3. The molecule has 0 bridgehead atoms. The summed E-state index contributed by atoms with van der Waals surface area (Å²) >= 11 is 0.886. The first kappa shape index (κ1) is 26.3. The average Bonchev–Trinajstić information content (AvgIpc) is 3.28. The number of hydrogen-bond donors (Lipinski definition) is 2. The molecule has 3 rings (SSSR count). The molecule has 35 heavy (non-hydrogen) atoms. The van der Waals surface area contributed by atoms with Crippen LogP contribution < -0.4 is 5.32 Å². The Bertz CT molecular complexity index is 1070. The van der Waals surface area contributed by atoms with Gasteiger partial charge in [0.1, 0.15) is 11.8 Å². The SMILES string of the molecule is COC(=O)[C@@H]1CCC(c2ccc(C)cc2)N1C(=O)CNC(=O)C(Cc1ccc(O)cc1)SC(C)=O. The van der Waals surface area contributed by atoms with Gasteiger partial charge in [0.2, 0.25) is 11.8 Å². The Morgan fingerprint density at radius 1 is 1.09 bits per heavy atom. The van der Waals surface area contributed by atoms with E-state index in [9.17, 15) is 24.3 Å². The second kappa shape index (κ2) is 11.9. The molecule has 1 saturated heterocycles. The van der Waals surface area contributed by atoms with E-state index in [-0.39, 0.29) is 29.9 Å². The molecular weight excluding hydrogens is 468 g/mol. The van der Waals surface area contributed by atoms with Gasteiger partial charge in [-0.05, 0) is 49.4 Å². The maximum atomic E-state index is 13.3. The number of esters is 1. The number of amides is 2. The zero-order chi connectivity index (χ0) is 25.5. The van der Waals surface area contributed by atoms with Gasteiger partial charge >= 0.3 is 5.97 Å². The fourth-order valence-corrected chi connectivity index (χ4v) is 5.11. The highest BCUT2D eigenvalue weighted by atomic mass is 32.2. The molecule has 2 unspecified atom stereocenters. The lowest BCUT2D eigenvalue weighted by Crippen LogP contribution is -2.48. The highest BCUT2D eigenvalue weighted by molar-refractivity contribution is 8.14. The maximum Gasteiger partial charge on any atom is 0.328 e. The molecule has 0 aliphatic carbocycles. The molecule has 9 heteroatoms. The molecule has 1 heterocycles. The lowest BCUT2D eigenvalue weighted by molar-refractivity contribution is -0.152. The molecule has 0 aromatic heterocycles. The first-order valence-corrected chi connectivity index (χ1v) is 12.3. The molecule has 2 N–H and O–H groups in total. The van der Waals surface area contributed by atoms with E-state index in [1.54, 1.807) is 12.1 Å². The summed E-state index contributed by atoms with van der Waals surface area (Å²) in [5.41, 5.74) is 2.77. The van der Waals surface area contributed by atoms with Crippen LogP contribution >= 0.6 is 11.8 Å². The number of thioether (sulfide) groups is 1. The van der Waals surface area contributed by atoms with Crippen LogP contribution in [0.25, 0.3) is 0 Å². The van der Waals surface area contributed by atoms with Crippen LogP contribution in [0.4, 0.5) is 0 Å². The number of benzene rings is 2. The molecule has 2 amide bonds. The standard InChI is InChI=1S/C26H30N2O6S/c1-16-4-8-19(9-5-16)21-12-13-22(26(33)34-3)28(21)24(31)15-27-25(32)23(35-17(2)29)14-18-6-10-20(30)11-7-18/h4-11,21-23,30H,12-15H2,1-3H3,(H,27,32)/t21?,22-,23?/m0/s1. The van der Waals surface area contributed by atoms with Crippen LogP contribution in [0.3, 0.4) is 0 Å². The monoisotopic (exact) mass is 498 g/mol. The predicted octanol–water partition coefficient (Wildman–Crippen LogP) is 2.91. The number of aromatic hydroxyl groups is 1. The third kappa shape index (κ3) is 6.85. The topological polar surface area (TPSA) is 113 Å². The molecular formula is C26H30N2O6S. The van der Waals surface area contributed by atoms with Crippen molar-refractivity contribution in [3.05, 3.63) is 65.2 Å². The van der Waals surface area contributed by atoms with Gasteiger partial charge in [0.05, 0.1) is 24.9 Å². The zero-order valence-electron chi connectivity index (χ0n) is 20.0. The number of carbonyl (C=O) groups is 4. The number of carbonyl (C=O) groups excluding carboxylic acids is 4. The minimum atomic E-state index is -0.743. The van der Waals surface area contributed by atoms with Crippen LogP contribution in [-0.4, -0.2) is 57.9 Å².